The van der Waals surface area contributed by atoms with Gasteiger partial charge < -0.3 is 20.1 Å². The van der Waals surface area contributed by atoms with Crippen molar-refractivity contribution in [2.24, 2.45) is 10.9 Å². The van der Waals surface area contributed by atoms with Crippen LogP contribution in [0.5, 0.6) is 5.75 Å². The Labute approximate surface area is 152 Å². The molecule has 0 fully saturated rings. The summed E-state index contributed by atoms with van der Waals surface area (Å²) in [4.78, 5) is 4.30. The summed E-state index contributed by atoms with van der Waals surface area (Å²) in [6.07, 6.45) is 3.28. The Morgan fingerprint density at radius 1 is 1.28 bits per heavy atom. The summed E-state index contributed by atoms with van der Waals surface area (Å²) in [5.41, 5.74) is 2.67. The molecule has 1 aliphatic heterocycles. The topological polar surface area (TPSA) is 54.9 Å². The highest BCUT2D eigenvalue weighted by Gasteiger charge is 2.13. The average Bonchev–Trinajstić information content (AvgIpc) is 3.07. The van der Waals surface area contributed by atoms with Gasteiger partial charge in [0, 0.05) is 33.2 Å². The lowest BCUT2D eigenvalue weighted by molar-refractivity contribution is 0.0258. The number of aliphatic imine (C=N–C) groups is 1. The molecule has 2 N–H and O–H groups in total. The van der Waals surface area contributed by atoms with Crippen molar-refractivity contribution in [3.8, 4) is 5.75 Å². The van der Waals surface area contributed by atoms with E-state index in [9.17, 15) is 0 Å². The van der Waals surface area contributed by atoms with E-state index in [0.29, 0.717) is 12.0 Å². The summed E-state index contributed by atoms with van der Waals surface area (Å²) in [5, 5.41) is 6.77. The van der Waals surface area contributed by atoms with Crippen LogP contribution in [0.4, 0.5) is 0 Å². The Kier molecular flexibility index (Phi) is 8.06. The second-order valence-corrected chi connectivity index (χ2v) is 6.74. The fraction of sp³-hybridized carbons (Fsp3) is 0.650. The lowest BCUT2D eigenvalue weighted by Gasteiger charge is -2.21. The summed E-state index contributed by atoms with van der Waals surface area (Å²) in [6.45, 7) is 9.75. The zero-order chi connectivity index (χ0) is 18.1. The standard InChI is InChI=1S/C20H33N3O2/c1-5-24-18(15(2)3)9-12-23-20(21-4)22-11-8-16-6-7-19-17(14-16)10-13-25-19/h6-7,14-15,18H,5,8-13H2,1-4H3,(H2,21,22,23). The molecule has 1 aromatic carbocycles. The van der Waals surface area contributed by atoms with E-state index in [1.165, 1.54) is 11.1 Å². The minimum absolute atomic E-state index is 0.296. The smallest absolute Gasteiger partial charge is 0.190 e. The largest absolute Gasteiger partial charge is 0.493 e. The Morgan fingerprint density at radius 2 is 2.08 bits per heavy atom. The molecule has 0 saturated carbocycles. The van der Waals surface area contributed by atoms with E-state index < -0.39 is 0 Å². The van der Waals surface area contributed by atoms with Gasteiger partial charge in [0.2, 0.25) is 0 Å². The number of hydrogen-bond donors (Lipinski definition) is 2. The summed E-state index contributed by atoms with van der Waals surface area (Å²) in [5.74, 6) is 2.42. The molecule has 1 aliphatic rings. The van der Waals surface area contributed by atoms with Crippen LogP contribution in [0.1, 0.15) is 38.3 Å². The van der Waals surface area contributed by atoms with E-state index in [1.54, 1.807) is 0 Å². The molecule has 1 aromatic rings. The van der Waals surface area contributed by atoms with Crippen LogP contribution >= 0.6 is 0 Å². The fourth-order valence-corrected chi connectivity index (χ4v) is 3.10. The summed E-state index contributed by atoms with van der Waals surface area (Å²) < 4.78 is 11.3. The first-order valence-electron chi connectivity index (χ1n) is 9.44. The van der Waals surface area contributed by atoms with Crippen molar-refractivity contribution < 1.29 is 9.47 Å². The Bertz CT molecular complexity index is 558. The van der Waals surface area contributed by atoms with Gasteiger partial charge in [0.1, 0.15) is 5.75 Å². The molecule has 0 aliphatic carbocycles. The average molecular weight is 348 g/mol. The number of nitrogens with zero attached hydrogens (tertiary/aromatic N) is 1. The van der Waals surface area contributed by atoms with Crippen molar-refractivity contribution in [1.29, 1.82) is 0 Å². The van der Waals surface area contributed by atoms with Gasteiger partial charge in [-0.15, -0.1) is 0 Å². The minimum Gasteiger partial charge on any atom is -0.493 e. The first-order valence-corrected chi connectivity index (χ1v) is 9.44. The fourth-order valence-electron chi connectivity index (χ4n) is 3.10. The van der Waals surface area contributed by atoms with Crippen molar-refractivity contribution in [3.05, 3.63) is 29.3 Å². The van der Waals surface area contributed by atoms with Crippen molar-refractivity contribution in [2.75, 3.05) is 33.4 Å². The van der Waals surface area contributed by atoms with Crippen molar-refractivity contribution in [2.45, 2.75) is 46.1 Å². The van der Waals surface area contributed by atoms with E-state index in [4.69, 9.17) is 9.47 Å². The number of hydrogen-bond acceptors (Lipinski definition) is 3. The van der Waals surface area contributed by atoms with E-state index in [1.807, 2.05) is 14.0 Å². The number of guanidine groups is 1. The van der Waals surface area contributed by atoms with Crippen LogP contribution in [0, 0.1) is 5.92 Å². The SMILES string of the molecule is CCOC(CCNC(=NC)NCCc1ccc2c(c1)CCO2)C(C)C. The maximum Gasteiger partial charge on any atom is 0.190 e. The molecule has 1 heterocycles. The summed E-state index contributed by atoms with van der Waals surface area (Å²) in [6, 6.07) is 6.50. The monoisotopic (exact) mass is 347 g/mol. The van der Waals surface area contributed by atoms with Crippen molar-refractivity contribution in [1.82, 2.24) is 10.6 Å². The number of nitrogens with one attached hydrogen (secondary N) is 2. The molecule has 0 saturated heterocycles. The highest BCUT2D eigenvalue weighted by Crippen LogP contribution is 2.25. The molecule has 0 bridgehead atoms. The third kappa shape index (κ3) is 6.24. The van der Waals surface area contributed by atoms with Gasteiger partial charge in [0.15, 0.2) is 5.96 Å². The minimum atomic E-state index is 0.296. The molecule has 1 atom stereocenters. The number of ether oxygens (including phenoxy) is 2. The highest BCUT2D eigenvalue weighted by molar-refractivity contribution is 5.79. The maximum atomic E-state index is 5.78. The molecule has 0 radical (unpaired) electrons. The van der Waals surface area contributed by atoms with Gasteiger partial charge in [-0.25, -0.2) is 0 Å². The van der Waals surface area contributed by atoms with Gasteiger partial charge in [0.05, 0.1) is 12.7 Å². The lowest BCUT2D eigenvalue weighted by atomic mass is 10.0. The predicted molar refractivity (Wildman–Crippen MR) is 104 cm³/mol. The van der Waals surface area contributed by atoms with Crippen molar-refractivity contribution in [3.63, 3.8) is 0 Å². The second-order valence-electron chi connectivity index (χ2n) is 6.74. The van der Waals surface area contributed by atoms with Gasteiger partial charge in [-0.1, -0.05) is 26.0 Å². The van der Waals surface area contributed by atoms with Gasteiger partial charge in [-0.2, -0.15) is 0 Å². The number of benzene rings is 1. The Morgan fingerprint density at radius 3 is 2.80 bits per heavy atom. The van der Waals surface area contributed by atoms with E-state index in [-0.39, 0.29) is 0 Å². The van der Waals surface area contributed by atoms with E-state index in [2.05, 4.69) is 47.7 Å². The molecule has 0 aromatic heterocycles. The Balaban J connectivity index is 1.70. The van der Waals surface area contributed by atoms with Crippen LogP contribution in [0.15, 0.2) is 23.2 Å². The van der Waals surface area contributed by atoms with Gasteiger partial charge in [-0.3, -0.25) is 4.99 Å². The highest BCUT2D eigenvalue weighted by atomic mass is 16.5. The molecule has 0 spiro atoms. The third-order valence-corrected chi connectivity index (χ3v) is 4.53. The second kappa shape index (κ2) is 10.3. The van der Waals surface area contributed by atoms with Crippen LogP contribution in [0.3, 0.4) is 0 Å². The van der Waals surface area contributed by atoms with E-state index in [0.717, 1.165) is 57.3 Å². The van der Waals surface area contributed by atoms with Crippen LogP contribution in [-0.4, -0.2) is 45.4 Å². The van der Waals surface area contributed by atoms with Crippen LogP contribution < -0.4 is 15.4 Å². The van der Waals surface area contributed by atoms with Gasteiger partial charge >= 0.3 is 0 Å². The molecule has 1 unspecified atom stereocenters. The molecular formula is C20H33N3O2. The first-order chi connectivity index (χ1) is 12.1. The predicted octanol–water partition coefficient (Wildman–Crippen LogP) is 2.78. The molecule has 0 amide bonds. The van der Waals surface area contributed by atoms with Crippen LogP contribution in [-0.2, 0) is 17.6 Å². The quantitative estimate of drug-likeness (QED) is 0.533. The molecule has 5 heteroatoms. The molecular weight excluding hydrogens is 314 g/mol. The Hall–Kier alpha value is -1.75. The summed E-state index contributed by atoms with van der Waals surface area (Å²) in [7, 11) is 1.81. The molecule has 25 heavy (non-hydrogen) atoms. The van der Waals surface area contributed by atoms with Gasteiger partial charge in [-0.05, 0) is 42.9 Å². The van der Waals surface area contributed by atoms with Crippen molar-refractivity contribution >= 4 is 5.96 Å². The zero-order valence-corrected chi connectivity index (χ0v) is 16.1. The van der Waals surface area contributed by atoms with Gasteiger partial charge in [0.25, 0.3) is 0 Å². The lowest BCUT2D eigenvalue weighted by Crippen LogP contribution is -2.40. The first kappa shape index (κ1) is 19.6. The number of rotatable bonds is 9. The van der Waals surface area contributed by atoms with Crippen LogP contribution in [0.2, 0.25) is 0 Å². The third-order valence-electron chi connectivity index (χ3n) is 4.53. The normalized spacial score (nSPS) is 15.0. The molecule has 5 nitrogen and oxygen atoms in total. The zero-order valence-electron chi connectivity index (χ0n) is 16.1. The van der Waals surface area contributed by atoms with E-state index >= 15 is 0 Å². The molecule has 140 valence electrons. The molecule has 2 rings (SSSR count). The van der Waals surface area contributed by atoms with Crippen LogP contribution in [0.25, 0.3) is 0 Å². The summed E-state index contributed by atoms with van der Waals surface area (Å²) >= 11 is 0. The number of fused-ring (bicyclic) bond motifs is 1. The maximum absolute atomic E-state index is 5.78.